The maximum atomic E-state index is 10.9. The quantitative estimate of drug-likeness (QED) is 0.480. The van der Waals surface area contributed by atoms with Crippen molar-refractivity contribution in [2.75, 3.05) is 0 Å². The highest BCUT2D eigenvalue weighted by molar-refractivity contribution is 6.60. The topological polar surface area (TPSA) is 92.8 Å². The van der Waals surface area contributed by atoms with Crippen LogP contribution < -0.4 is 5.46 Å². The Bertz CT molecular complexity index is 510. The Morgan fingerprint density at radius 3 is 2.30 bits per heavy atom. The van der Waals surface area contributed by atoms with Gasteiger partial charge >= 0.3 is 7.12 Å². The van der Waals surface area contributed by atoms with Crippen LogP contribution in [0.15, 0.2) is 18.2 Å². The van der Waals surface area contributed by atoms with Crippen LogP contribution >= 0.6 is 0 Å². The second-order valence-electron chi connectivity index (χ2n) is 5.79. The molecule has 0 heterocycles. The zero-order valence-corrected chi connectivity index (χ0v) is 12.4. The molecule has 0 unspecified atom stereocenters. The SMILES string of the molecule is Cc1c(B(O)OC(C)(C)C(C)(C)O)cccc1[N+](=O)[O-]. The number of aliphatic hydroxyl groups is 1. The van der Waals surface area contributed by atoms with Gasteiger partial charge in [0.05, 0.1) is 16.1 Å². The van der Waals surface area contributed by atoms with Crippen LogP contribution in [0, 0.1) is 17.0 Å². The summed E-state index contributed by atoms with van der Waals surface area (Å²) in [5, 5.41) is 31.0. The predicted octanol–water partition coefficient (Wildman–Crippen LogP) is 1.16. The fourth-order valence-corrected chi connectivity index (χ4v) is 1.59. The lowest BCUT2D eigenvalue weighted by Gasteiger charge is -2.38. The molecule has 1 aromatic carbocycles. The Morgan fingerprint density at radius 1 is 1.30 bits per heavy atom. The Balaban J connectivity index is 3.08. The fourth-order valence-electron chi connectivity index (χ4n) is 1.59. The van der Waals surface area contributed by atoms with Crippen molar-refractivity contribution in [3.63, 3.8) is 0 Å². The van der Waals surface area contributed by atoms with Crippen LogP contribution in [0.4, 0.5) is 5.69 Å². The Hall–Kier alpha value is -1.44. The smallest absolute Gasteiger partial charge is 0.423 e. The third-order valence-corrected chi connectivity index (χ3v) is 3.69. The van der Waals surface area contributed by atoms with E-state index in [1.807, 2.05) is 0 Å². The normalized spacial score (nSPS) is 12.3. The minimum atomic E-state index is -1.35. The summed E-state index contributed by atoms with van der Waals surface area (Å²) in [6.07, 6.45) is 0. The standard InChI is InChI=1S/C13H20BNO5/c1-9-10(7-6-8-11(9)15(18)19)14(17)20-13(4,5)12(2,3)16/h6-8,16-17H,1-5H3. The molecule has 7 heteroatoms. The highest BCUT2D eigenvalue weighted by Crippen LogP contribution is 2.26. The molecule has 0 saturated carbocycles. The number of nitrogens with zero attached hydrogens (tertiary/aromatic N) is 1. The summed E-state index contributed by atoms with van der Waals surface area (Å²) in [7, 11) is -1.35. The summed E-state index contributed by atoms with van der Waals surface area (Å²) >= 11 is 0. The van der Waals surface area contributed by atoms with E-state index in [9.17, 15) is 20.2 Å². The molecule has 0 fully saturated rings. The number of rotatable bonds is 5. The molecule has 0 spiro atoms. The van der Waals surface area contributed by atoms with E-state index in [0.717, 1.165) is 0 Å². The van der Waals surface area contributed by atoms with Crippen molar-refractivity contribution in [1.82, 2.24) is 0 Å². The average Bonchev–Trinajstić information content (AvgIpc) is 2.26. The Labute approximate surface area is 118 Å². The maximum Gasteiger partial charge on any atom is 0.492 e. The summed E-state index contributed by atoms with van der Waals surface area (Å²) in [5.41, 5.74) is -1.62. The summed E-state index contributed by atoms with van der Waals surface area (Å²) in [6.45, 7) is 7.98. The van der Waals surface area contributed by atoms with Gasteiger partial charge in [0.15, 0.2) is 0 Å². The van der Waals surface area contributed by atoms with Gasteiger partial charge in [0.1, 0.15) is 0 Å². The van der Waals surface area contributed by atoms with Crippen molar-refractivity contribution < 1.29 is 19.7 Å². The first kappa shape index (κ1) is 16.6. The minimum absolute atomic E-state index is 0.0776. The van der Waals surface area contributed by atoms with Gasteiger partial charge in [-0.3, -0.25) is 10.1 Å². The molecule has 0 radical (unpaired) electrons. The Morgan fingerprint density at radius 2 is 1.85 bits per heavy atom. The van der Waals surface area contributed by atoms with Crippen molar-refractivity contribution in [3.05, 3.63) is 33.9 Å². The maximum absolute atomic E-state index is 10.9. The molecular weight excluding hydrogens is 261 g/mol. The van der Waals surface area contributed by atoms with Gasteiger partial charge < -0.3 is 14.8 Å². The summed E-state index contributed by atoms with van der Waals surface area (Å²) in [5.74, 6) is 0. The zero-order chi connectivity index (χ0) is 15.7. The van der Waals surface area contributed by atoms with E-state index >= 15 is 0 Å². The van der Waals surface area contributed by atoms with Crippen molar-refractivity contribution in [3.8, 4) is 0 Å². The largest absolute Gasteiger partial charge is 0.492 e. The molecule has 0 aliphatic carbocycles. The molecule has 1 aromatic rings. The number of nitro benzene ring substituents is 1. The number of nitro groups is 1. The van der Waals surface area contributed by atoms with Crippen LogP contribution in [0.25, 0.3) is 0 Å². The third-order valence-electron chi connectivity index (χ3n) is 3.69. The van der Waals surface area contributed by atoms with E-state index in [1.165, 1.54) is 12.1 Å². The molecular formula is C13H20BNO5. The highest BCUT2D eigenvalue weighted by Gasteiger charge is 2.40. The van der Waals surface area contributed by atoms with E-state index in [4.69, 9.17) is 4.65 Å². The van der Waals surface area contributed by atoms with Crippen LogP contribution in [0.5, 0.6) is 0 Å². The van der Waals surface area contributed by atoms with Gasteiger partial charge in [-0.25, -0.2) is 0 Å². The molecule has 0 saturated heterocycles. The first-order valence-corrected chi connectivity index (χ1v) is 6.29. The lowest BCUT2D eigenvalue weighted by Crippen LogP contribution is -2.53. The first-order chi connectivity index (χ1) is 8.97. The first-order valence-electron chi connectivity index (χ1n) is 6.29. The number of hydrogen-bond acceptors (Lipinski definition) is 5. The van der Waals surface area contributed by atoms with Crippen LogP contribution in [0.2, 0.25) is 0 Å². The number of benzene rings is 1. The molecule has 0 aliphatic rings. The predicted molar refractivity (Wildman–Crippen MR) is 76.9 cm³/mol. The summed E-state index contributed by atoms with van der Waals surface area (Å²) in [6, 6.07) is 4.42. The number of hydrogen-bond donors (Lipinski definition) is 2. The molecule has 0 aliphatic heterocycles. The highest BCUT2D eigenvalue weighted by atomic mass is 16.6. The van der Waals surface area contributed by atoms with E-state index < -0.39 is 23.2 Å². The van der Waals surface area contributed by atoms with Crippen molar-refractivity contribution in [2.24, 2.45) is 0 Å². The van der Waals surface area contributed by atoms with Gasteiger partial charge in [-0.2, -0.15) is 0 Å². The van der Waals surface area contributed by atoms with Crippen LogP contribution in [-0.4, -0.2) is 33.4 Å². The summed E-state index contributed by atoms with van der Waals surface area (Å²) in [4.78, 5) is 10.4. The van der Waals surface area contributed by atoms with Gasteiger partial charge in [-0.05, 0) is 40.1 Å². The van der Waals surface area contributed by atoms with Crippen molar-refractivity contribution in [1.29, 1.82) is 0 Å². The van der Waals surface area contributed by atoms with E-state index in [2.05, 4.69) is 0 Å². The summed E-state index contributed by atoms with van der Waals surface area (Å²) < 4.78 is 5.49. The monoisotopic (exact) mass is 281 g/mol. The van der Waals surface area contributed by atoms with Gasteiger partial charge in [0.25, 0.3) is 5.69 Å². The van der Waals surface area contributed by atoms with Crippen molar-refractivity contribution >= 4 is 18.3 Å². The van der Waals surface area contributed by atoms with Crippen LogP contribution in [-0.2, 0) is 4.65 Å². The molecule has 0 bridgehead atoms. The molecule has 20 heavy (non-hydrogen) atoms. The van der Waals surface area contributed by atoms with Crippen molar-refractivity contribution in [2.45, 2.75) is 45.8 Å². The molecule has 0 atom stereocenters. The fraction of sp³-hybridized carbons (Fsp3) is 0.538. The minimum Gasteiger partial charge on any atom is -0.423 e. The lowest BCUT2D eigenvalue weighted by molar-refractivity contribution is -0.385. The zero-order valence-electron chi connectivity index (χ0n) is 12.4. The van der Waals surface area contributed by atoms with Crippen LogP contribution in [0.3, 0.4) is 0 Å². The van der Waals surface area contributed by atoms with Gasteiger partial charge in [0.2, 0.25) is 0 Å². The third kappa shape index (κ3) is 3.36. The van der Waals surface area contributed by atoms with E-state index in [0.29, 0.717) is 11.0 Å². The molecule has 2 N–H and O–H groups in total. The van der Waals surface area contributed by atoms with E-state index in [-0.39, 0.29) is 5.69 Å². The lowest BCUT2D eigenvalue weighted by atomic mass is 9.74. The second kappa shape index (κ2) is 5.51. The van der Waals surface area contributed by atoms with Gasteiger partial charge in [0, 0.05) is 11.6 Å². The molecule has 0 aromatic heterocycles. The van der Waals surface area contributed by atoms with Crippen LogP contribution in [0.1, 0.15) is 33.3 Å². The molecule has 110 valence electrons. The average molecular weight is 281 g/mol. The molecule has 6 nitrogen and oxygen atoms in total. The molecule has 0 amide bonds. The van der Waals surface area contributed by atoms with Gasteiger partial charge in [-0.1, -0.05) is 12.1 Å². The molecule has 1 rings (SSSR count). The van der Waals surface area contributed by atoms with Gasteiger partial charge in [-0.15, -0.1) is 0 Å². The van der Waals surface area contributed by atoms with E-state index in [1.54, 1.807) is 40.7 Å². The Kier molecular flexibility index (Phi) is 4.58. The second-order valence-corrected chi connectivity index (χ2v) is 5.79.